The predicted molar refractivity (Wildman–Crippen MR) is 79.7 cm³/mol. The van der Waals surface area contributed by atoms with Crippen LogP contribution in [0.4, 0.5) is 0 Å². The number of hydrogen-bond donors (Lipinski definition) is 0. The Morgan fingerprint density at radius 3 is 2.52 bits per heavy atom. The lowest BCUT2D eigenvalue weighted by Crippen LogP contribution is -2.05. The summed E-state index contributed by atoms with van der Waals surface area (Å²) in [6.07, 6.45) is 6.98. The van der Waals surface area contributed by atoms with E-state index in [1.165, 1.54) is 0 Å². The molecule has 3 aromatic heterocycles. The Hall–Kier alpha value is -2.88. The van der Waals surface area contributed by atoms with Gasteiger partial charge in [-0.3, -0.25) is 19.7 Å². The Labute approximate surface area is 122 Å². The molecule has 0 N–H and O–H groups in total. The quantitative estimate of drug-likeness (QED) is 0.687. The lowest BCUT2D eigenvalue weighted by molar-refractivity contribution is 0.0991. The van der Waals surface area contributed by atoms with Crippen molar-refractivity contribution in [3.63, 3.8) is 0 Å². The van der Waals surface area contributed by atoms with Crippen molar-refractivity contribution < 1.29 is 4.79 Å². The third-order valence-electron chi connectivity index (χ3n) is 3.11. The highest BCUT2D eigenvalue weighted by Gasteiger charge is 2.08. The van der Waals surface area contributed by atoms with Gasteiger partial charge in [0.15, 0.2) is 5.78 Å². The number of Topliss-reactive ketones (excluding diaryl/α,β-unsaturated/α-hetero) is 1. The van der Waals surface area contributed by atoms with E-state index in [4.69, 9.17) is 0 Å². The number of rotatable bonds is 4. The molecule has 0 amide bonds. The van der Waals surface area contributed by atoms with Crippen LogP contribution in [0.15, 0.2) is 67.3 Å². The van der Waals surface area contributed by atoms with E-state index in [0.717, 1.165) is 17.0 Å². The molecule has 102 valence electrons. The Kier molecular flexibility index (Phi) is 3.78. The van der Waals surface area contributed by atoms with E-state index >= 15 is 0 Å². The average molecular weight is 275 g/mol. The van der Waals surface area contributed by atoms with E-state index in [1.807, 2.05) is 30.3 Å². The largest absolute Gasteiger partial charge is 0.294 e. The minimum atomic E-state index is 0.0150. The molecule has 0 radical (unpaired) electrons. The van der Waals surface area contributed by atoms with Gasteiger partial charge in [0.2, 0.25) is 0 Å². The normalized spacial score (nSPS) is 10.3. The third-order valence-corrected chi connectivity index (χ3v) is 3.11. The maximum atomic E-state index is 12.1. The molecule has 0 fully saturated rings. The Morgan fingerprint density at radius 1 is 0.905 bits per heavy atom. The van der Waals surface area contributed by atoms with Crippen LogP contribution < -0.4 is 0 Å². The number of aromatic nitrogens is 3. The van der Waals surface area contributed by atoms with Crippen molar-refractivity contribution in [2.45, 2.75) is 6.42 Å². The van der Waals surface area contributed by atoms with Gasteiger partial charge in [-0.25, -0.2) is 0 Å². The number of pyridine rings is 3. The standard InChI is InChI=1S/C17H13N3O/c21-17(14-4-3-8-18-11-14)10-15-7-6-13(12-20-15)16-5-1-2-9-19-16/h1-9,11-12H,10H2. The zero-order valence-electron chi connectivity index (χ0n) is 11.3. The first-order valence-electron chi connectivity index (χ1n) is 6.62. The molecular weight excluding hydrogens is 262 g/mol. The fraction of sp³-hybridized carbons (Fsp3) is 0.0588. The van der Waals surface area contributed by atoms with Gasteiger partial charge in [-0.2, -0.15) is 0 Å². The predicted octanol–water partition coefficient (Wildman–Crippen LogP) is 2.96. The fourth-order valence-corrected chi connectivity index (χ4v) is 2.01. The average Bonchev–Trinajstić information content (AvgIpc) is 2.57. The van der Waals surface area contributed by atoms with Crippen LogP contribution in [0.2, 0.25) is 0 Å². The molecule has 0 spiro atoms. The van der Waals surface area contributed by atoms with E-state index in [-0.39, 0.29) is 12.2 Å². The topological polar surface area (TPSA) is 55.7 Å². The first-order valence-corrected chi connectivity index (χ1v) is 6.62. The van der Waals surface area contributed by atoms with Gasteiger partial charge >= 0.3 is 0 Å². The second-order valence-corrected chi connectivity index (χ2v) is 4.59. The molecule has 0 saturated carbocycles. The van der Waals surface area contributed by atoms with Crippen LogP contribution in [0.5, 0.6) is 0 Å². The van der Waals surface area contributed by atoms with Gasteiger partial charge in [-0.1, -0.05) is 6.07 Å². The molecule has 3 heterocycles. The minimum Gasteiger partial charge on any atom is -0.294 e. The molecule has 0 aliphatic heterocycles. The second-order valence-electron chi connectivity index (χ2n) is 4.59. The maximum Gasteiger partial charge on any atom is 0.170 e. The van der Waals surface area contributed by atoms with Gasteiger partial charge < -0.3 is 0 Å². The Bertz CT molecular complexity index is 725. The van der Waals surface area contributed by atoms with Crippen molar-refractivity contribution in [2.75, 3.05) is 0 Å². The van der Waals surface area contributed by atoms with Gasteiger partial charge in [0, 0.05) is 41.6 Å². The highest BCUT2D eigenvalue weighted by Crippen LogP contribution is 2.15. The zero-order valence-corrected chi connectivity index (χ0v) is 11.3. The number of nitrogens with zero attached hydrogens (tertiary/aromatic N) is 3. The number of hydrogen-bond acceptors (Lipinski definition) is 4. The van der Waals surface area contributed by atoms with Gasteiger partial charge in [0.1, 0.15) is 0 Å². The molecule has 4 heteroatoms. The summed E-state index contributed by atoms with van der Waals surface area (Å²) in [5.41, 5.74) is 3.15. The molecule has 0 saturated heterocycles. The van der Waals surface area contributed by atoms with Crippen LogP contribution in [0.3, 0.4) is 0 Å². The summed E-state index contributed by atoms with van der Waals surface area (Å²) in [6, 6.07) is 13.0. The molecule has 0 aromatic carbocycles. The lowest BCUT2D eigenvalue weighted by atomic mass is 10.1. The summed E-state index contributed by atoms with van der Waals surface area (Å²) in [6.45, 7) is 0. The summed E-state index contributed by atoms with van der Waals surface area (Å²) < 4.78 is 0. The molecule has 21 heavy (non-hydrogen) atoms. The molecule has 0 atom stereocenters. The first-order chi connectivity index (χ1) is 10.3. The number of carbonyl (C=O) groups excluding carboxylic acids is 1. The van der Waals surface area contributed by atoms with E-state index < -0.39 is 0 Å². The van der Waals surface area contributed by atoms with Crippen molar-refractivity contribution in [1.29, 1.82) is 0 Å². The van der Waals surface area contributed by atoms with Crippen LogP contribution in [0.1, 0.15) is 16.1 Å². The fourth-order valence-electron chi connectivity index (χ4n) is 2.01. The zero-order chi connectivity index (χ0) is 14.5. The van der Waals surface area contributed by atoms with Gasteiger partial charge in [0.05, 0.1) is 12.1 Å². The molecule has 3 aromatic rings. The van der Waals surface area contributed by atoms with Gasteiger partial charge in [-0.05, 0) is 36.4 Å². The Balaban J connectivity index is 1.75. The van der Waals surface area contributed by atoms with Crippen molar-refractivity contribution in [2.24, 2.45) is 0 Å². The van der Waals surface area contributed by atoms with Gasteiger partial charge in [-0.15, -0.1) is 0 Å². The molecule has 4 nitrogen and oxygen atoms in total. The third kappa shape index (κ3) is 3.17. The molecule has 0 aliphatic carbocycles. The summed E-state index contributed by atoms with van der Waals surface area (Å²) in [5, 5.41) is 0. The SMILES string of the molecule is O=C(Cc1ccc(-c2ccccn2)cn1)c1cccnc1. The molecule has 3 rings (SSSR count). The highest BCUT2D eigenvalue weighted by atomic mass is 16.1. The van der Waals surface area contributed by atoms with Crippen molar-refractivity contribution in [3.05, 3.63) is 78.5 Å². The van der Waals surface area contributed by atoms with E-state index in [0.29, 0.717) is 5.56 Å². The van der Waals surface area contributed by atoms with E-state index in [2.05, 4.69) is 15.0 Å². The van der Waals surface area contributed by atoms with Crippen LogP contribution in [-0.2, 0) is 6.42 Å². The van der Waals surface area contributed by atoms with Crippen LogP contribution in [0, 0.1) is 0 Å². The Morgan fingerprint density at radius 2 is 1.86 bits per heavy atom. The van der Waals surface area contributed by atoms with Crippen LogP contribution in [-0.4, -0.2) is 20.7 Å². The summed E-state index contributed by atoms with van der Waals surface area (Å²) >= 11 is 0. The highest BCUT2D eigenvalue weighted by molar-refractivity contribution is 5.96. The van der Waals surface area contributed by atoms with E-state index in [9.17, 15) is 4.79 Å². The second kappa shape index (κ2) is 6.05. The van der Waals surface area contributed by atoms with Crippen LogP contribution in [0.25, 0.3) is 11.3 Å². The van der Waals surface area contributed by atoms with E-state index in [1.54, 1.807) is 36.9 Å². The molecule has 0 unspecified atom stereocenters. The summed E-state index contributed by atoms with van der Waals surface area (Å²) in [5.74, 6) is 0.0150. The lowest BCUT2D eigenvalue weighted by Gasteiger charge is -2.03. The summed E-state index contributed by atoms with van der Waals surface area (Å²) in [7, 11) is 0. The molecular formula is C17H13N3O. The van der Waals surface area contributed by atoms with Crippen molar-refractivity contribution >= 4 is 5.78 Å². The molecule has 0 bridgehead atoms. The smallest absolute Gasteiger partial charge is 0.170 e. The number of ketones is 1. The molecule has 0 aliphatic rings. The number of carbonyl (C=O) groups is 1. The first kappa shape index (κ1) is 13.1. The minimum absolute atomic E-state index is 0.0150. The monoisotopic (exact) mass is 275 g/mol. The van der Waals surface area contributed by atoms with Crippen LogP contribution >= 0.6 is 0 Å². The van der Waals surface area contributed by atoms with Crippen molar-refractivity contribution in [1.82, 2.24) is 15.0 Å². The maximum absolute atomic E-state index is 12.1. The summed E-state index contributed by atoms with van der Waals surface area (Å²) in [4.78, 5) is 24.6. The van der Waals surface area contributed by atoms with Crippen molar-refractivity contribution in [3.8, 4) is 11.3 Å². The van der Waals surface area contributed by atoms with Gasteiger partial charge in [0.25, 0.3) is 0 Å².